The summed E-state index contributed by atoms with van der Waals surface area (Å²) < 4.78 is 5.00. The van der Waals surface area contributed by atoms with Crippen LogP contribution in [0.15, 0.2) is 12.2 Å². The van der Waals surface area contributed by atoms with Crippen LogP contribution in [0.5, 0.6) is 0 Å². The maximum absolute atomic E-state index is 11.3. The van der Waals surface area contributed by atoms with Crippen LogP contribution in [0.2, 0.25) is 0 Å². The summed E-state index contributed by atoms with van der Waals surface area (Å²) in [6, 6.07) is 0. The first-order valence-electron chi connectivity index (χ1n) is 11.7. The highest BCUT2D eigenvalue weighted by atomic mass is 32.1. The van der Waals surface area contributed by atoms with Gasteiger partial charge in [0.1, 0.15) is 6.61 Å². The molecule has 2 nitrogen and oxygen atoms in total. The summed E-state index contributed by atoms with van der Waals surface area (Å²) in [6.07, 6.45) is 27.8. The molecule has 0 heterocycles. The predicted octanol–water partition coefficient (Wildman–Crippen LogP) is 8.06. The Morgan fingerprint density at radius 1 is 0.704 bits per heavy atom. The maximum Gasteiger partial charge on any atom is 0.305 e. The van der Waals surface area contributed by atoms with Crippen molar-refractivity contribution in [3.8, 4) is 0 Å². The fraction of sp³-hybridized carbons (Fsp3) is 0.875. The average molecular weight is 399 g/mol. The lowest BCUT2D eigenvalue weighted by Crippen LogP contribution is -2.06. The summed E-state index contributed by atoms with van der Waals surface area (Å²) in [5.41, 5.74) is 0. The van der Waals surface area contributed by atoms with Gasteiger partial charge in [-0.1, -0.05) is 96.1 Å². The van der Waals surface area contributed by atoms with Crippen LogP contribution in [0.4, 0.5) is 0 Å². The number of ether oxygens (including phenoxy) is 1. The van der Waals surface area contributed by atoms with Gasteiger partial charge in [0, 0.05) is 12.2 Å². The van der Waals surface area contributed by atoms with E-state index < -0.39 is 0 Å². The Hall–Kier alpha value is -0.440. The summed E-state index contributed by atoms with van der Waals surface area (Å²) in [6.45, 7) is 2.72. The van der Waals surface area contributed by atoms with E-state index in [0.29, 0.717) is 18.8 Å². The third-order valence-corrected chi connectivity index (χ3v) is 5.18. The minimum absolute atomic E-state index is 0.0732. The highest BCUT2D eigenvalue weighted by molar-refractivity contribution is 7.80. The molecular weight excluding hydrogens is 352 g/mol. The molecule has 0 spiro atoms. The van der Waals surface area contributed by atoms with Crippen LogP contribution in [-0.4, -0.2) is 18.3 Å². The molecule has 0 aromatic rings. The number of rotatable bonds is 21. The molecule has 0 radical (unpaired) electrons. The molecule has 0 aliphatic heterocycles. The van der Waals surface area contributed by atoms with E-state index in [0.717, 1.165) is 12.8 Å². The second-order valence-corrected chi connectivity index (χ2v) is 8.14. The zero-order chi connectivity index (χ0) is 19.8. The summed E-state index contributed by atoms with van der Waals surface area (Å²) in [7, 11) is 0. The van der Waals surface area contributed by atoms with E-state index in [1.807, 2.05) is 0 Å². The van der Waals surface area contributed by atoms with Crippen LogP contribution in [0.3, 0.4) is 0 Å². The van der Waals surface area contributed by atoms with Crippen molar-refractivity contribution in [1.82, 2.24) is 0 Å². The molecule has 0 saturated carbocycles. The maximum atomic E-state index is 11.3. The molecule has 0 saturated heterocycles. The van der Waals surface area contributed by atoms with E-state index in [1.54, 1.807) is 0 Å². The Morgan fingerprint density at radius 2 is 1.15 bits per heavy atom. The van der Waals surface area contributed by atoms with Gasteiger partial charge < -0.3 is 4.74 Å². The quantitative estimate of drug-likeness (QED) is 0.0915. The normalized spacial score (nSPS) is 11.3. The van der Waals surface area contributed by atoms with E-state index in [9.17, 15) is 4.79 Å². The minimum Gasteiger partial charge on any atom is -0.465 e. The highest BCUT2D eigenvalue weighted by Crippen LogP contribution is 2.12. The smallest absolute Gasteiger partial charge is 0.305 e. The molecule has 27 heavy (non-hydrogen) atoms. The Balaban J connectivity index is 3.14. The second kappa shape index (κ2) is 23.6. The lowest BCUT2D eigenvalue weighted by atomic mass is 10.1. The van der Waals surface area contributed by atoms with Crippen LogP contribution in [0.1, 0.15) is 122 Å². The van der Waals surface area contributed by atoms with Crippen LogP contribution >= 0.6 is 12.6 Å². The van der Waals surface area contributed by atoms with Gasteiger partial charge in [0.05, 0.1) is 0 Å². The number of hydrogen-bond donors (Lipinski definition) is 1. The van der Waals surface area contributed by atoms with E-state index in [-0.39, 0.29) is 5.97 Å². The Kier molecular flexibility index (Phi) is 23.2. The lowest BCUT2D eigenvalue weighted by molar-refractivity contribution is -0.143. The molecule has 0 N–H and O–H groups in total. The van der Waals surface area contributed by atoms with Gasteiger partial charge in [-0.3, -0.25) is 4.79 Å². The number of unbranched alkanes of at least 4 members (excludes halogenated alkanes) is 15. The van der Waals surface area contributed by atoms with Crippen LogP contribution in [0.25, 0.3) is 0 Å². The molecule has 0 bridgehead atoms. The Labute approximate surface area is 175 Å². The average Bonchev–Trinajstić information content (AvgIpc) is 2.68. The first-order chi connectivity index (χ1) is 13.3. The van der Waals surface area contributed by atoms with Gasteiger partial charge in [-0.15, -0.1) is 0 Å². The zero-order valence-electron chi connectivity index (χ0n) is 18.1. The molecule has 0 fully saturated rings. The van der Waals surface area contributed by atoms with Crippen molar-refractivity contribution in [3.05, 3.63) is 12.2 Å². The number of carbonyl (C=O) groups excluding carboxylic acids is 1. The summed E-state index contributed by atoms with van der Waals surface area (Å²) >= 11 is 4.02. The third-order valence-electron chi connectivity index (χ3n) is 5.00. The van der Waals surface area contributed by atoms with Crippen LogP contribution in [-0.2, 0) is 9.53 Å². The van der Waals surface area contributed by atoms with Gasteiger partial charge in [-0.05, 0) is 32.1 Å². The van der Waals surface area contributed by atoms with Crippen molar-refractivity contribution >= 4 is 18.6 Å². The number of thiol groups is 1. The molecule has 0 amide bonds. The van der Waals surface area contributed by atoms with Gasteiger partial charge in [-0.2, -0.15) is 12.6 Å². The molecule has 0 aromatic carbocycles. The standard InChI is InChI=1S/C24H46O2S/c1-2-3-4-5-6-7-8-9-10-11-12-13-14-15-16-17-18-19-20-21-24(25)26-22-23-27/h14-15,27H,2-13,16-23H2,1H3/b15-14+. The van der Waals surface area contributed by atoms with Crippen molar-refractivity contribution < 1.29 is 9.53 Å². The SMILES string of the molecule is CCCCCCCCCCCCC/C=C/CCCCCCC(=O)OCCS. The molecular formula is C24H46O2S. The van der Waals surface area contributed by atoms with Crippen molar-refractivity contribution in [2.24, 2.45) is 0 Å². The van der Waals surface area contributed by atoms with Gasteiger partial charge in [0.2, 0.25) is 0 Å². The van der Waals surface area contributed by atoms with Crippen LogP contribution < -0.4 is 0 Å². The van der Waals surface area contributed by atoms with E-state index in [2.05, 4.69) is 31.7 Å². The number of carbonyl (C=O) groups is 1. The summed E-state index contributed by atoms with van der Waals surface area (Å²) in [4.78, 5) is 11.3. The lowest BCUT2D eigenvalue weighted by Gasteiger charge is -2.02. The topological polar surface area (TPSA) is 26.3 Å². The van der Waals surface area contributed by atoms with E-state index >= 15 is 0 Å². The number of hydrogen-bond acceptors (Lipinski definition) is 3. The molecule has 0 aromatic heterocycles. The van der Waals surface area contributed by atoms with Gasteiger partial charge in [0.15, 0.2) is 0 Å². The summed E-state index contributed by atoms with van der Waals surface area (Å²) in [5, 5.41) is 0. The molecule has 0 rings (SSSR count). The van der Waals surface area contributed by atoms with Crippen molar-refractivity contribution in [1.29, 1.82) is 0 Å². The van der Waals surface area contributed by atoms with Crippen molar-refractivity contribution in [3.63, 3.8) is 0 Å². The first-order valence-corrected chi connectivity index (χ1v) is 12.4. The van der Waals surface area contributed by atoms with Crippen molar-refractivity contribution in [2.45, 2.75) is 122 Å². The molecule has 0 aliphatic rings. The van der Waals surface area contributed by atoms with Gasteiger partial charge in [-0.25, -0.2) is 0 Å². The summed E-state index contributed by atoms with van der Waals surface area (Å²) in [5.74, 6) is 0.535. The molecule has 0 atom stereocenters. The monoisotopic (exact) mass is 398 g/mol. The van der Waals surface area contributed by atoms with Crippen molar-refractivity contribution in [2.75, 3.05) is 12.4 Å². The largest absolute Gasteiger partial charge is 0.465 e. The predicted molar refractivity (Wildman–Crippen MR) is 123 cm³/mol. The minimum atomic E-state index is -0.0732. The molecule has 0 aliphatic carbocycles. The third kappa shape index (κ3) is 23.5. The number of esters is 1. The Bertz CT molecular complexity index is 328. The molecule has 0 unspecified atom stereocenters. The number of allylic oxidation sites excluding steroid dienone is 2. The molecule has 3 heteroatoms. The van der Waals surface area contributed by atoms with Gasteiger partial charge in [0.25, 0.3) is 0 Å². The zero-order valence-corrected chi connectivity index (χ0v) is 19.0. The fourth-order valence-corrected chi connectivity index (χ4v) is 3.37. The fourth-order valence-electron chi connectivity index (χ4n) is 3.28. The van der Waals surface area contributed by atoms with Crippen LogP contribution in [0, 0.1) is 0 Å². The van der Waals surface area contributed by atoms with Gasteiger partial charge >= 0.3 is 5.97 Å². The van der Waals surface area contributed by atoms with E-state index in [4.69, 9.17) is 4.74 Å². The second-order valence-electron chi connectivity index (χ2n) is 7.69. The first kappa shape index (κ1) is 26.6. The highest BCUT2D eigenvalue weighted by Gasteiger charge is 2.01. The molecule has 160 valence electrons. The van der Waals surface area contributed by atoms with E-state index in [1.165, 1.54) is 96.3 Å². The Morgan fingerprint density at radius 3 is 1.63 bits per heavy atom.